The van der Waals surface area contributed by atoms with Crippen LogP contribution in [0.4, 0.5) is 15.2 Å². The van der Waals surface area contributed by atoms with Gasteiger partial charge in [-0.25, -0.2) is 9.37 Å². The number of sulfonamides is 1. The summed E-state index contributed by atoms with van der Waals surface area (Å²) in [7, 11) is -0.764. The highest BCUT2D eigenvalue weighted by Gasteiger charge is 2.66. The van der Waals surface area contributed by atoms with Gasteiger partial charge in [0.05, 0.1) is 10.7 Å². The summed E-state index contributed by atoms with van der Waals surface area (Å²) in [6.07, 6.45) is 2.74. The molecule has 1 heterocycles. The topological polar surface area (TPSA) is 91.8 Å². The number of anilines is 2. The minimum absolute atomic E-state index is 0.0152. The van der Waals surface area contributed by atoms with Crippen molar-refractivity contribution in [1.29, 1.82) is 0 Å². The zero-order valence-corrected chi connectivity index (χ0v) is 21.3. The van der Waals surface area contributed by atoms with Crippen LogP contribution in [0.2, 0.25) is 5.02 Å². The van der Waals surface area contributed by atoms with Crippen molar-refractivity contribution in [2.75, 3.05) is 23.9 Å². The maximum atomic E-state index is 15.1. The molecule has 2 saturated carbocycles. The van der Waals surface area contributed by atoms with E-state index < -0.39 is 25.1 Å². The monoisotopic (exact) mass is 556 g/mol. The van der Waals surface area contributed by atoms with Crippen molar-refractivity contribution in [2.24, 2.45) is 11.8 Å². The number of benzene rings is 1. The van der Waals surface area contributed by atoms with Gasteiger partial charge in [-0.15, -0.1) is 34.5 Å². The maximum Gasteiger partial charge on any atom is 0.322 e. The van der Waals surface area contributed by atoms with Crippen LogP contribution in [-0.4, -0.2) is 55.3 Å². The molecule has 0 saturated heterocycles. The second kappa shape index (κ2) is 9.01. The van der Waals surface area contributed by atoms with E-state index in [-0.39, 0.29) is 50.7 Å². The van der Waals surface area contributed by atoms with Crippen LogP contribution in [0.3, 0.4) is 0 Å². The number of rotatable bonds is 8. The Morgan fingerprint density at radius 1 is 1.30 bits per heavy atom. The number of hydrogen-bond acceptors (Lipinski definition) is 8. The Balaban J connectivity index is 1.63. The fourth-order valence-electron chi connectivity index (χ4n) is 4.36. The molecular weight excluding hydrogens is 538 g/mol. The number of nitrogens with zero attached hydrogens (tertiary/aromatic N) is 3. The van der Waals surface area contributed by atoms with E-state index in [9.17, 15) is 13.2 Å². The van der Waals surface area contributed by atoms with Gasteiger partial charge in [0, 0.05) is 23.7 Å². The molecule has 0 spiro atoms. The van der Waals surface area contributed by atoms with Crippen molar-refractivity contribution >= 4 is 73.5 Å². The van der Waals surface area contributed by atoms with Crippen LogP contribution >= 0.6 is 46.1 Å². The Labute approximate surface area is 209 Å². The zero-order valence-electron chi connectivity index (χ0n) is 17.4. The summed E-state index contributed by atoms with van der Waals surface area (Å²) in [6.45, 7) is -0.0855. The zero-order chi connectivity index (χ0) is 24.1. The fraction of sp³-hybridized carbons (Fsp3) is 0.474. The number of likely N-dealkylation sites (N-methyl/N-ethyl adjacent to an activating group) is 1. The van der Waals surface area contributed by atoms with Gasteiger partial charge >= 0.3 is 16.5 Å². The quantitative estimate of drug-likeness (QED) is 0.296. The van der Waals surface area contributed by atoms with Crippen molar-refractivity contribution in [3.63, 3.8) is 0 Å². The molecule has 0 unspecified atom stereocenters. The molecule has 0 aliphatic heterocycles. The van der Waals surface area contributed by atoms with Gasteiger partial charge < -0.3 is 15.1 Å². The van der Waals surface area contributed by atoms with Gasteiger partial charge in [-0.05, 0) is 50.9 Å². The minimum Gasteiger partial charge on any atom is -0.379 e. The third-order valence-corrected chi connectivity index (χ3v) is 9.92. The molecule has 1 aromatic heterocycles. The molecule has 4 rings (SSSR count). The Bertz CT molecular complexity index is 1150. The SMILES string of the molecule is CN(C)[C@H]1C[C@H]2[C@@H](C[C@@H]1Nc1cc(F)c(S(=O)(=O)N(OC=O)c3nccs3)cc1Cl)C2(Cl)Cl. The first-order chi connectivity index (χ1) is 15.5. The molecule has 8 nitrogen and oxygen atoms in total. The third kappa shape index (κ3) is 4.51. The molecule has 2 aliphatic carbocycles. The number of carbonyl (C=O) groups excluding carboxylic acids is 1. The van der Waals surface area contributed by atoms with Gasteiger partial charge in [0.25, 0.3) is 0 Å². The van der Waals surface area contributed by atoms with Crippen LogP contribution in [0.25, 0.3) is 0 Å². The maximum absolute atomic E-state index is 15.1. The number of fused-ring (bicyclic) bond motifs is 1. The van der Waals surface area contributed by atoms with Crippen molar-refractivity contribution in [3.05, 3.63) is 34.5 Å². The first-order valence-corrected chi connectivity index (χ1v) is 13.3. The molecule has 2 fully saturated rings. The fourth-order valence-corrected chi connectivity index (χ4v) is 7.55. The summed E-state index contributed by atoms with van der Waals surface area (Å²) in [6, 6.07) is 1.92. The van der Waals surface area contributed by atoms with Crippen LogP contribution in [-0.2, 0) is 19.7 Å². The average Bonchev–Trinajstić information content (AvgIpc) is 3.09. The predicted octanol–water partition coefficient (Wildman–Crippen LogP) is 4.14. The second-order valence-corrected chi connectivity index (χ2v) is 12.6. The average molecular weight is 558 g/mol. The van der Waals surface area contributed by atoms with Crippen LogP contribution < -0.4 is 9.79 Å². The minimum atomic E-state index is -4.63. The smallest absolute Gasteiger partial charge is 0.322 e. The van der Waals surface area contributed by atoms with E-state index in [0.29, 0.717) is 6.42 Å². The first-order valence-electron chi connectivity index (χ1n) is 9.83. The molecule has 4 atom stereocenters. The highest BCUT2D eigenvalue weighted by molar-refractivity contribution is 7.92. The lowest BCUT2D eigenvalue weighted by molar-refractivity contribution is -0.128. The van der Waals surface area contributed by atoms with E-state index >= 15 is 4.39 Å². The number of hydrogen-bond donors (Lipinski definition) is 1. The lowest BCUT2D eigenvalue weighted by Crippen LogP contribution is -2.46. The molecule has 2 aliphatic rings. The van der Waals surface area contributed by atoms with Gasteiger partial charge in [-0.2, -0.15) is 8.42 Å². The van der Waals surface area contributed by atoms with E-state index in [1.165, 1.54) is 11.6 Å². The highest BCUT2D eigenvalue weighted by atomic mass is 35.5. The van der Waals surface area contributed by atoms with Gasteiger partial charge in [-0.3, -0.25) is 4.79 Å². The summed E-state index contributed by atoms with van der Waals surface area (Å²) in [5.74, 6) is -0.755. The number of halogens is 4. The lowest BCUT2D eigenvalue weighted by atomic mass is 9.89. The molecule has 1 aromatic carbocycles. The van der Waals surface area contributed by atoms with E-state index in [4.69, 9.17) is 34.8 Å². The Morgan fingerprint density at radius 2 is 2.00 bits per heavy atom. The lowest BCUT2D eigenvalue weighted by Gasteiger charge is -2.36. The van der Waals surface area contributed by atoms with E-state index in [1.807, 2.05) is 19.0 Å². The van der Waals surface area contributed by atoms with Crippen LogP contribution in [0.1, 0.15) is 12.8 Å². The van der Waals surface area contributed by atoms with Crippen LogP contribution in [0.5, 0.6) is 0 Å². The van der Waals surface area contributed by atoms with Gasteiger partial charge in [0.15, 0.2) is 0 Å². The summed E-state index contributed by atoms with van der Waals surface area (Å²) in [5.41, 5.74) is 0.232. The van der Waals surface area contributed by atoms with Gasteiger partial charge in [0.1, 0.15) is 15.0 Å². The summed E-state index contributed by atoms with van der Waals surface area (Å²) in [5, 5.41) is 4.54. The largest absolute Gasteiger partial charge is 0.379 e. The van der Waals surface area contributed by atoms with Gasteiger partial charge in [0.2, 0.25) is 5.13 Å². The Kier molecular flexibility index (Phi) is 6.76. The normalized spacial score (nSPS) is 25.9. The summed E-state index contributed by atoms with van der Waals surface area (Å²) in [4.78, 5) is 20.6. The molecule has 1 N–H and O–H groups in total. The number of nitrogens with one attached hydrogen (secondary N) is 1. The summed E-state index contributed by atoms with van der Waals surface area (Å²) < 4.78 is 40.6. The predicted molar refractivity (Wildman–Crippen MR) is 126 cm³/mol. The molecule has 0 radical (unpaired) electrons. The van der Waals surface area contributed by atoms with E-state index in [0.717, 1.165) is 29.9 Å². The van der Waals surface area contributed by atoms with Crippen molar-refractivity contribution in [2.45, 2.75) is 34.2 Å². The van der Waals surface area contributed by atoms with Crippen molar-refractivity contribution < 1.29 is 22.4 Å². The molecule has 2 aromatic rings. The van der Waals surface area contributed by atoms with Crippen LogP contribution in [0.15, 0.2) is 28.6 Å². The van der Waals surface area contributed by atoms with Gasteiger partial charge in [-0.1, -0.05) is 16.1 Å². The molecule has 0 bridgehead atoms. The third-order valence-electron chi connectivity index (χ3n) is 6.07. The van der Waals surface area contributed by atoms with E-state index in [1.54, 1.807) is 0 Å². The number of thiazole rings is 1. The van der Waals surface area contributed by atoms with Crippen LogP contribution in [0, 0.1) is 17.7 Å². The molecule has 180 valence electrons. The molecule has 0 amide bonds. The Hall–Kier alpha value is -1.37. The molecule has 14 heteroatoms. The first kappa shape index (κ1) is 24.7. The highest BCUT2D eigenvalue weighted by Crippen LogP contribution is 2.65. The van der Waals surface area contributed by atoms with Crippen molar-refractivity contribution in [1.82, 2.24) is 9.88 Å². The standard InChI is InChI=1S/C19H20Cl3FN4O4S2/c1-26(2)16-6-11-10(19(11,21)22)5-15(16)25-14-8-13(23)17(7-12(14)20)33(29,30)27(31-9-28)18-24-3-4-32-18/h3-4,7-11,15-16,25H,5-6H2,1-2H3/t10-,11+,15+,16+/m1/s1. The number of alkyl halides is 2. The summed E-state index contributed by atoms with van der Waals surface area (Å²) >= 11 is 20.1. The number of aromatic nitrogens is 1. The molecule has 33 heavy (non-hydrogen) atoms. The van der Waals surface area contributed by atoms with E-state index in [2.05, 4.69) is 15.1 Å². The Morgan fingerprint density at radius 3 is 2.61 bits per heavy atom. The number of carbonyl (C=O) groups is 1. The second-order valence-electron chi connectivity index (χ2n) is 8.15. The van der Waals surface area contributed by atoms with Crippen molar-refractivity contribution in [3.8, 4) is 0 Å². The molecular formula is C19H20Cl3FN4O4S2.